The smallest absolute Gasteiger partial charge is 0.335 e. The number of ether oxygens (including phenoxy) is 1. The van der Waals surface area contributed by atoms with Gasteiger partial charge in [0.1, 0.15) is 18.2 Å². The lowest BCUT2D eigenvalue weighted by Crippen LogP contribution is -2.02. The van der Waals surface area contributed by atoms with Crippen molar-refractivity contribution in [1.82, 2.24) is 0 Å². The Hall–Kier alpha value is -2.07. The molecule has 0 radical (unpaired) electrons. The third-order valence-corrected chi connectivity index (χ3v) is 3.23. The van der Waals surface area contributed by atoms with Crippen LogP contribution in [0.15, 0.2) is 36.4 Å². The van der Waals surface area contributed by atoms with Gasteiger partial charge in [-0.2, -0.15) is 0 Å². The van der Waals surface area contributed by atoms with Crippen molar-refractivity contribution in [1.29, 1.82) is 0 Å². The molecule has 0 atom stereocenters. The summed E-state index contributed by atoms with van der Waals surface area (Å²) in [6, 6.07) is 9.00. The summed E-state index contributed by atoms with van der Waals surface area (Å²) in [5.74, 6) is -0.964. The maximum absolute atomic E-state index is 13.6. The van der Waals surface area contributed by atoms with E-state index in [-0.39, 0.29) is 17.7 Å². The fourth-order valence-electron chi connectivity index (χ4n) is 1.79. The number of hydrogen-bond donors (Lipinski definition) is 1. The highest BCUT2D eigenvalue weighted by Gasteiger charge is 2.10. The number of carboxylic acids is 1. The van der Waals surface area contributed by atoms with Crippen LogP contribution in [0, 0.1) is 12.7 Å². The maximum Gasteiger partial charge on any atom is 0.335 e. The molecule has 0 unspecified atom stereocenters. The lowest BCUT2D eigenvalue weighted by atomic mass is 10.1. The van der Waals surface area contributed by atoms with E-state index >= 15 is 0 Å². The molecule has 0 spiro atoms. The molecule has 2 aromatic rings. The fraction of sp³-hybridized carbons (Fsp3) is 0.133. The quantitative estimate of drug-likeness (QED) is 0.925. The Kier molecular flexibility index (Phi) is 4.25. The molecule has 5 heteroatoms. The van der Waals surface area contributed by atoms with Gasteiger partial charge in [0, 0.05) is 5.56 Å². The minimum absolute atomic E-state index is 0.0165. The number of carbonyl (C=O) groups is 1. The number of carboxylic acid groups (broad SMARTS) is 1. The Labute approximate surface area is 120 Å². The van der Waals surface area contributed by atoms with Crippen molar-refractivity contribution in [3.05, 3.63) is 63.9 Å². The highest BCUT2D eigenvalue weighted by atomic mass is 35.5. The van der Waals surface area contributed by atoms with Crippen LogP contribution in [0.2, 0.25) is 5.02 Å². The van der Waals surface area contributed by atoms with Crippen LogP contribution in [0.4, 0.5) is 4.39 Å². The fourth-order valence-corrected chi connectivity index (χ4v) is 2.01. The number of aryl methyl sites for hydroxylation is 1. The van der Waals surface area contributed by atoms with Crippen molar-refractivity contribution < 1.29 is 19.0 Å². The molecule has 0 bridgehead atoms. The van der Waals surface area contributed by atoms with Gasteiger partial charge in [0.15, 0.2) is 0 Å². The first kappa shape index (κ1) is 14.3. The summed E-state index contributed by atoms with van der Waals surface area (Å²) in [5, 5.41) is 9.22. The molecule has 0 aliphatic carbocycles. The van der Waals surface area contributed by atoms with Gasteiger partial charge in [0.05, 0.1) is 10.6 Å². The van der Waals surface area contributed by atoms with E-state index < -0.39 is 11.8 Å². The van der Waals surface area contributed by atoms with Gasteiger partial charge in [0.25, 0.3) is 0 Å². The van der Waals surface area contributed by atoms with Crippen LogP contribution >= 0.6 is 11.6 Å². The van der Waals surface area contributed by atoms with Crippen LogP contribution in [0.5, 0.6) is 5.75 Å². The van der Waals surface area contributed by atoms with Crippen LogP contribution in [0.3, 0.4) is 0 Å². The molecule has 0 aliphatic heterocycles. The first-order valence-corrected chi connectivity index (χ1v) is 6.26. The first-order valence-electron chi connectivity index (χ1n) is 5.88. The van der Waals surface area contributed by atoms with Crippen LogP contribution < -0.4 is 4.74 Å². The topological polar surface area (TPSA) is 46.5 Å². The summed E-state index contributed by atoms with van der Waals surface area (Å²) in [7, 11) is 0. The van der Waals surface area contributed by atoms with Gasteiger partial charge in [-0.1, -0.05) is 17.7 Å². The van der Waals surface area contributed by atoms with Crippen molar-refractivity contribution in [2.45, 2.75) is 13.5 Å². The summed E-state index contributed by atoms with van der Waals surface area (Å²) in [6.45, 7) is 1.66. The van der Waals surface area contributed by atoms with E-state index in [1.54, 1.807) is 19.1 Å². The van der Waals surface area contributed by atoms with Gasteiger partial charge < -0.3 is 9.84 Å². The summed E-state index contributed by atoms with van der Waals surface area (Å²) in [5.41, 5.74) is 1.06. The monoisotopic (exact) mass is 294 g/mol. The second kappa shape index (κ2) is 5.92. The zero-order chi connectivity index (χ0) is 14.7. The molecule has 0 aliphatic rings. The lowest BCUT2D eigenvalue weighted by Gasteiger charge is -2.10. The van der Waals surface area contributed by atoms with Crippen LogP contribution in [0.25, 0.3) is 0 Å². The molecule has 0 saturated heterocycles. The second-order valence-electron chi connectivity index (χ2n) is 4.27. The number of halogens is 2. The third kappa shape index (κ3) is 3.08. The molecular formula is C15H12ClFO3. The molecule has 1 N–H and O–H groups in total. The zero-order valence-corrected chi connectivity index (χ0v) is 11.4. The Morgan fingerprint density at radius 2 is 2.10 bits per heavy atom. The Morgan fingerprint density at radius 3 is 2.70 bits per heavy atom. The van der Waals surface area contributed by atoms with Crippen LogP contribution in [-0.4, -0.2) is 11.1 Å². The minimum Gasteiger partial charge on any atom is -0.489 e. The van der Waals surface area contributed by atoms with Crippen LogP contribution in [0.1, 0.15) is 21.5 Å². The molecule has 3 nitrogen and oxygen atoms in total. The van der Waals surface area contributed by atoms with Crippen molar-refractivity contribution in [2.75, 3.05) is 0 Å². The van der Waals surface area contributed by atoms with Crippen LogP contribution in [-0.2, 0) is 6.61 Å². The number of benzene rings is 2. The molecule has 0 aromatic heterocycles. The van der Waals surface area contributed by atoms with E-state index in [4.69, 9.17) is 21.4 Å². The maximum atomic E-state index is 13.6. The second-order valence-corrected chi connectivity index (χ2v) is 4.68. The van der Waals surface area contributed by atoms with Crippen molar-refractivity contribution >= 4 is 17.6 Å². The summed E-state index contributed by atoms with van der Waals surface area (Å²) in [4.78, 5) is 10.9. The van der Waals surface area contributed by atoms with Gasteiger partial charge in [-0.25, -0.2) is 9.18 Å². The van der Waals surface area contributed by atoms with Crippen molar-refractivity contribution in [3.63, 3.8) is 0 Å². The number of hydrogen-bond acceptors (Lipinski definition) is 2. The number of aromatic carboxylic acids is 1. The first-order chi connectivity index (χ1) is 9.49. The highest BCUT2D eigenvalue weighted by molar-refractivity contribution is 6.31. The number of rotatable bonds is 4. The predicted molar refractivity (Wildman–Crippen MR) is 73.9 cm³/mol. The van der Waals surface area contributed by atoms with Gasteiger partial charge >= 0.3 is 5.97 Å². The molecule has 2 rings (SSSR count). The lowest BCUT2D eigenvalue weighted by molar-refractivity contribution is 0.0696. The van der Waals surface area contributed by atoms with E-state index in [0.29, 0.717) is 16.3 Å². The Balaban J connectivity index is 2.16. The Bertz CT molecular complexity index is 635. The predicted octanol–water partition coefficient (Wildman–Crippen LogP) is 4.06. The SMILES string of the molecule is Cc1cc(OCc2c(F)cccc2Cl)ccc1C(=O)O. The molecular weight excluding hydrogens is 283 g/mol. The molecule has 20 heavy (non-hydrogen) atoms. The minimum atomic E-state index is -0.994. The van der Waals surface area contributed by atoms with E-state index in [0.717, 1.165) is 0 Å². The standard InChI is InChI=1S/C15H12ClFO3/c1-9-7-10(5-6-11(9)15(18)19)20-8-12-13(16)3-2-4-14(12)17/h2-7H,8H2,1H3,(H,18,19). The Morgan fingerprint density at radius 1 is 1.35 bits per heavy atom. The highest BCUT2D eigenvalue weighted by Crippen LogP contribution is 2.23. The summed E-state index contributed by atoms with van der Waals surface area (Å²) >= 11 is 5.90. The third-order valence-electron chi connectivity index (χ3n) is 2.87. The average molecular weight is 295 g/mol. The molecule has 0 saturated carbocycles. The molecule has 2 aromatic carbocycles. The molecule has 0 amide bonds. The molecule has 104 valence electrons. The van der Waals surface area contributed by atoms with Gasteiger partial charge in [-0.3, -0.25) is 0 Å². The van der Waals surface area contributed by atoms with E-state index in [1.807, 2.05) is 0 Å². The van der Waals surface area contributed by atoms with Crippen molar-refractivity contribution in [2.24, 2.45) is 0 Å². The normalized spacial score (nSPS) is 10.3. The van der Waals surface area contributed by atoms with Gasteiger partial charge in [-0.05, 0) is 42.8 Å². The van der Waals surface area contributed by atoms with E-state index in [2.05, 4.69) is 0 Å². The van der Waals surface area contributed by atoms with E-state index in [1.165, 1.54) is 24.3 Å². The largest absolute Gasteiger partial charge is 0.489 e. The summed E-state index contributed by atoms with van der Waals surface area (Å²) in [6.07, 6.45) is 0. The van der Waals surface area contributed by atoms with Crippen molar-refractivity contribution in [3.8, 4) is 5.75 Å². The molecule has 0 fully saturated rings. The van der Waals surface area contributed by atoms with Gasteiger partial charge in [0.2, 0.25) is 0 Å². The zero-order valence-electron chi connectivity index (χ0n) is 10.7. The molecule has 0 heterocycles. The van der Waals surface area contributed by atoms with E-state index in [9.17, 15) is 9.18 Å². The summed E-state index contributed by atoms with van der Waals surface area (Å²) < 4.78 is 19.0. The van der Waals surface area contributed by atoms with Gasteiger partial charge in [-0.15, -0.1) is 0 Å². The average Bonchev–Trinajstić information content (AvgIpc) is 2.37.